The highest BCUT2D eigenvalue weighted by atomic mass is 31.1. The van der Waals surface area contributed by atoms with Gasteiger partial charge in [0, 0.05) is 19.3 Å². The molecule has 0 radical (unpaired) electrons. The Bertz CT molecular complexity index is 334. The number of hydrogen-bond donors (Lipinski definition) is 0. The van der Waals surface area contributed by atoms with Crippen molar-refractivity contribution in [3.63, 3.8) is 0 Å². The van der Waals surface area contributed by atoms with Crippen LogP contribution >= 0.6 is 15.8 Å². The average molecular weight is 309 g/mol. The highest BCUT2D eigenvalue weighted by molar-refractivity contribution is 7.58. The zero-order chi connectivity index (χ0) is 15.1. The molecule has 0 spiro atoms. The highest BCUT2D eigenvalue weighted by Crippen LogP contribution is 2.42. The summed E-state index contributed by atoms with van der Waals surface area (Å²) in [7, 11) is -0.0901. The summed E-state index contributed by atoms with van der Waals surface area (Å²) >= 11 is 0. The quantitative estimate of drug-likeness (QED) is 0.498. The maximum Gasteiger partial charge on any atom is 0.0625 e. The summed E-state index contributed by atoms with van der Waals surface area (Å²) in [5, 5.41) is 26.1. The second kappa shape index (κ2) is 14.7. The lowest BCUT2D eigenvalue weighted by Crippen LogP contribution is -2.00. The third-order valence-electron chi connectivity index (χ3n) is 3.11. The minimum Gasteiger partial charge on any atom is -0.198 e. The van der Waals surface area contributed by atoms with Crippen LogP contribution in [-0.2, 0) is 0 Å². The molecule has 1 unspecified atom stereocenters. The molecule has 110 valence electrons. The van der Waals surface area contributed by atoms with E-state index in [4.69, 9.17) is 15.8 Å². The maximum atomic E-state index is 8.69. The Morgan fingerprint density at radius 2 is 1.05 bits per heavy atom. The topological polar surface area (TPSA) is 71.4 Å². The lowest BCUT2D eigenvalue weighted by atomic mass is 10.5. The molecule has 1 atom stereocenters. The summed E-state index contributed by atoms with van der Waals surface area (Å²) in [6, 6.07) is 6.71. The number of hydrogen-bond acceptors (Lipinski definition) is 3. The van der Waals surface area contributed by atoms with Crippen LogP contribution in [0.5, 0.6) is 0 Å². The first-order valence-corrected chi connectivity index (χ1v) is 11.1. The van der Waals surface area contributed by atoms with Crippen LogP contribution in [0.4, 0.5) is 0 Å². The van der Waals surface area contributed by atoms with Crippen LogP contribution in [0.25, 0.3) is 0 Å². The molecule has 0 heterocycles. The Labute approximate surface area is 126 Å². The van der Waals surface area contributed by atoms with Gasteiger partial charge in [0.15, 0.2) is 0 Å². The molecule has 0 aromatic rings. The summed E-state index contributed by atoms with van der Waals surface area (Å²) in [5.74, 6) is 0. The predicted molar refractivity (Wildman–Crippen MR) is 88.6 cm³/mol. The van der Waals surface area contributed by atoms with Gasteiger partial charge in [0.05, 0.1) is 18.2 Å². The van der Waals surface area contributed by atoms with Crippen molar-refractivity contribution < 1.29 is 0 Å². The van der Waals surface area contributed by atoms with Gasteiger partial charge in [-0.25, -0.2) is 0 Å². The molecule has 0 saturated heterocycles. The lowest BCUT2D eigenvalue weighted by Gasteiger charge is -2.19. The van der Waals surface area contributed by atoms with Gasteiger partial charge < -0.3 is 0 Å². The largest absolute Gasteiger partial charge is 0.198 e. The van der Waals surface area contributed by atoms with Crippen molar-refractivity contribution >= 4 is 15.8 Å². The molecular formula is C15H25N3P2. The molecule has 0 aromatic carbocycles. The molecule has 0 rings (SSSR count). The standard InChI is InChI=1S/C15H25N3P2/c1-2-10-19(11-3-7-16)14-6-15-20(12-4-8-17)13-5-9-18/h2-6,10-15H2,1H3. The maximum absolute atomic E-state index is 8.69. The van der Waals surface area contributed by atoms with Crippen molar-refractivity contribution in [1.82, 2.24) is 0 Å². The number of rotatable bonds is 12. The third kappa shape index (κ3) is 11.2. The van der Waals surface area contributed by atoms with Crippen molar-refractivity contribution in [2.45, 2.75) is 39.0 Å². The van der Waals surface area contributed by atoms with E-state index >= 15 is 0 Å². The molecule has 5 heteroatoms. The normalized spacial score (nSPS) is 11.6. The van der Waals surface area contributed by atoms with E-state index in [0.29, 0.717) is 19.3 Å². The van der Waals surface area contributed by atoms with Crippen molar-refractivity contribution in [3.8, 4) is 18.2 Å². The summed E-state index contributed by atoms with van der Waals surface area (Å²) in [6.45, 7) is 2.22. The van der Waals surface area contributed by atoms with Crippen molar-refractivity contribution in [3.05, 3.63) is 0 Å². The van der Waals surface area contributed by atoms with E-state index in [2.05, 4.69) is 25.1 Å². The molecule has 0 fully saturated rings. The molecule has 0 bridgehead atoms. The zero-order valence-electron chi connectivity index (χ0n) is 12.5. The van der Waals surface area contributed by atoms with Gasteiger partial charge in [0.25, 0.3) is 0 Å². The van der Waals surface area contributed by atoms with Gasteiger partial charge in [0.1, 0.15) is 0 Å². The van der Waals surface area contributed by atoms with Gasteiger partial charge in [-0.1, -0.05) is 13.3 Å². The molecule has 0 saturated carbocycles. The Morgan fingerprint density at radius 3 is 1.40 bits per heavy atom. The fraction of sp³-hybridized carbons (Fsp3) is 0.800. The van der Waals surface area contributed by atoms with Crippen LogP contribution in [-0.4, -0.2) is 37.0 Å². The summed E-state index contributed by atoms with van der Waals surface area (Å²) in [4.78, 5) is 0. The molecule has 3 nitrogen and oxygen atoms in total. The summed E-state index contributed by atoms with van der Waals surface area (Å²) < 4.78 is 0. The van der Waals surface area contributed by atoms with Crippen molar-refractivity contribution in [2.24, 2.45) is 0 Å². The fourth-order valence-electron chi connectivity index (χ4n) is 2.13. The van der Waals surface area contributed by atoms with Crippen LogP contribution in [0.1, 0.15) is 39.0 Å². The smallest absolute Gasteiger partial charge is 0.0625 e. The van der Waals surface area contributed by atoms with Crippen LogP contribution in [0, 0.1) is 34.0 Å². The Balaban J connectivity index is 4.01. The monoisotopic (exact) mass is 309 g/mol. The van der Waals surface area contributed by atoms with E-state index in [-0.39, 0.29) is 15.8 Å². The van der Waals surface area contributed by atoms with Gasteiger partial charge >= 0.3 is 0 Å². The molecule has 0 amide bonds. The first-order chi connectivity index (χ1) is 9.78. The predicted octanol–water partition coefficient (Wildman–Crippen LogP) is 4.49. The second-order valence-corrected chi connectivity index (χ2v) is 10.1. The van der Waals surface area contributed by atoms with E-state index in [1.165, 1.54) is 31.3 Å². The van der Waals surface area contributed by atoms with Gasteiger partial charge in [-0.2, -0.15) is 15.8 Å². The second-order valence-electron chi connectivity index (χ2n) is 4.76. The summed E-state index contributed by atoms with van der Waals surface area (Å²) in [5.41, 5.74) is 0. The average Bonchev–Trinajstić information content (AvgIpc) is 2.46. The van der Waals surface area contributed by atoms with Crippen LogP contribution < -0.4 is 0 Å². The lowest BCUT2D eigenvalue weighted by molar-refractivity contribution is 1.03. The SMILES string of the molecule is CCCP(CCC#N)CCCP(CCC#N)CCC#N. The van der Waals surface area contributed by atoms with Crippen LogP contribution in [0.15, 0.2) is 0 Å². The molecule has 0 N–H and O–H groups in total. The van der Waals surface area contributed by atoms with Crippen molar-refractivity contribution in [2.75, 3.05) is 37.0 Å². The van der Waals surface area contributed by atoms with Crippen LogP contribution in [0.3, 0.4) is 0 Å². The molecule has 0 aliphatic heterocycles. The molecule has 0 aliphatic carbocycles. The van der Waals surface area contributed by atoms with Gasteiger partial charge in [0.2, 0.25) is 0 Å². The first-order valence-electron chi connectivity index (χ1n) is 7.34. The van der Waals surface area contributed by atoms with Crippen molar-refractivity contribution in [1.29, 1.82) is 15.8 Å². The van der Waals surface area contributed by atoms with Crippen LogP contribution in [0.2, 0.25) is 0 Å². The molecular weight excluding hydrogens is 284 g/mol. The minimum atomic E-state index is -0.125. The van der Waals surface area contributed by atoms with E-state index in [0.717, 1.165) is 18.5 Å². The molecule has 0 aromatic heterocycles. The van der Waals surface area contributed by atoms with Gasteiger partial charge in [-0.05, 0) is 43.4 Å². The minimum absolute atomic E-state index is 0.0348. The zero-order valence-corrected chi connectivity index (χ0v) is 14.3. The first kappa shape index (κ1) is 19.3. The fourth-order valence-corrected chi connectivity index (χ4v) is 6.81. The Morgan fingerprint density at radius 1 is 0.650 bits per heavy atom. The highest BCUT2D eigenvalue weighted by Gasteiger charge is 2.10. The van der Waals surface area contributed by atoms with E-state index in [9.17, 15) is 0 Å². The number of nitrogens with zero attached hydrogens (tertiary/aromatic N) is 3. The third-order valence-corrected chi connectivity index (χ3v) is 8.65. The molecule has 0 aliphatic rings. The molecule has 20 heavy (non-hydrogen) atoms. The van der Waals surface area contributed by atoms with Gasteiger partial charge in [-0.15, -0.1) is 15.8 Å². The number of nitriles is 3. The van der Waals surface area contributed by atoms with E-state index in [1.54, 1.807) is 0 Å². The summed E-state index contributed by atoms with van der Waals surface area (Å²) in [6.07, 6.45) is 11.2. The van der Waals surface area contributed by atoms with Gasteiger partial charge in [-0.3, -0.25) is 0 Å². The Hall–Kier alpha value is -0.670. The van der Waals surface area contributed by atoms with E-state index < -0.39 is 0 Å². The Kier molecular flexibility index (Phi) is 14.2. The van der Waals surface area contributed by atoms with E-state index in [1.807, 2.05) is 0 Å².